The van der Waals surface area contributed by atoms with Crippen LogP contribution in [0.3, 0.4) is 0 Å². The molecule has 0 N–H and O–H groups in total. The molecule has 1 aromatic rings. The van der Waals surface area contributed by atoms with E-state index in [1.165, 1.54) is 6.08 Å². The van der Waals surface area contributed by atoms with Gasteiger partial charge in [-0.05, 0) is 12.1 Å². The Morgan fingerprint density at radius 2 is 2.27 bits per heavy atom. The second-order valence-electron chi connectivity index (χ2n) is 3.29. The minimum Gasteiger partial charge on any atom is -0.211 e. The van der Waals surface area contributed by atoms with Crippen LogP contribution < -0.4 is 0 Å². The minimum atomic E-state index is 0.304. The molecule has 0 aliphatic rings. The Kier molecular flexibility index (Phi) is 4.89. The van der Waals surface area contributed by atoms with Crippen molar-refractivity contribution in [2.75, 3.05) is 0 Å². The fourth-order valence-corrected chi connectivity index (χ4v) is 2.44. The number of thioether (sulfide) groups is 1. The van der Waals surface area contributed by atoms with Crippen LogP contribution in [0.5, 0.6) is 0 Å². The lowest BCUT2D eigenvalue weighted by atomic mass is 10.2. The van der Waals surface area contributed by atoms with Gasteiger partial charge in [0, 0.05) is 20.7 Å². The van der Waals surface area contributed by atoms with Crippen molar-refractivity contribution < 1.29 is 4.79 Å². The summed E-state index contributed by atoms with van der Waals surface area (Å²) in [6, 6.07) is 5.70. The van der Waals surface area contributed by atoms with Crippen LogP contribution in [0.4, 0.5) is 0 Å². The van der Waals surface area contributed by atoms with Crippen LogP contribution in [0, 0.1) is 0 Å². The van der Waals surface area contributed by atoms with E-state index in [0.29, 0.717) is 16.8 Å². The summed E-state index contributed by atoms with van der Waals surface area (Å²) in [6.07, 6.45) is 1.53. The Bertz CT molecular complexity index is 386. The lowest BCUT2D eigenvalue weighted by molar-refractivity contribution is 0.562. The topological polar surface area (TPSA) is 29.4 Å². The monoisotopic (exact) mass is 241 g/mol. The molecule has 4 heteroatoms. The molecule has 80 valence electrons. The van der Waals surface area contributed by atoms with E-state index in [2.05, 4.69) is 18.8 Å². The molecule has 0 atom stereocenters. The summed E-state index contributed by atoms with van der Waals surface area (Å²) in [5.41, 5.74) is 0.904. The highest BCUT2D eigenvalue weighted by molar-refractivity contribution is 8.00. The Hall–Kier alpha value is -0.760. The number of hydrogen-bond donors (Lipinski definition) is 0. The average molecular weight is 242 g/mol. The first-order chi connectivity index (χ1) is 7.15. The molecule has 15 heavy (non-hydrogen) atoms. The molecule has 0 bridgehead atoms. The van der Waals surface area contributed by atoms with Gasteiger partial charge in [-0.3, -0.25) is 0 Å². The van der Waals surface area contributed by atoms with Gasteiger partial charge in [-0.1, -0.05) is 31.5 Å². The lowest BCUT2D eigenvalue weighted by Crippen LogP contribution is -1.92. The van der Waals surface area contributed by atoms with Gasteiger partial charge in [0.1, 0.15) is 0 Å². The molecule has 0 fully saturated rings. The summed E-state index contributed by atoms with van der Waals surface area (Å²) in [5, 5.41) is 1.13. The molecule has 0 unspecified atom stereocenters. The van der Waals surface area contributed by atoms with Crippen molar-refractivity contribution in [3.05, 3.63) is 28.8 Å². The van der Waals surface area contributed by atoms with Crippen molar-refractivity contribution in [2.45, 2.75) is 30.5 Å². The molecule has 0 aliphatic heterocycles. The van der Waals surface area contributed by atoms with Gasteiger partial charge in [-0.25, -0.2) is 9.79 Å². The zero-order valence-corrected chi connectivity index (χ0v) is 10.2. The minimum absolute atomic E-state index is 0.304. The summed E-state index contributed by atoms with van der Waals surface area (Å²) >= 11 is 7.76. The highest BCUT2D eigenvalue weighted by Crippen LogP contribution is 2.31. The Balaban J connectivity index is 3.02. The van der Waals surface area contributed by atoms with Gasteiger partial charge in [0.15, 0.2) is 0 Å². The Morgan fingerprint density at radius 3 is 2.87 bits per heavy atom. The van der Waals surface area contributed by atoms with E-state index in [1.54, 1.807) is 11.8 Å². The normalized spacial score (nSPS) is 10.1. The van der Waals surface area contributed by atoms with Crippen LogP contribution in [0.15, 0.2) is 28.1 Å². The summed E-state index contributed by atoms with van der Waals surface area (Å²) in [7, 11) is 0. The maximum Gasteiger partial charge on any atom is 0.235 e. The van der Waals surface area contributed by atoms with E-state index in [4.69, 9.17) is 11.6 Å². The van der Waals surface area contributed by atoms with E-state index >= 15 is 0 Å². The highest BCUT2D eigenvalue weighted by Gasteiger charge is 2.08. The van der Waals surface area contributed by atoms with Crippen molar-refractivity contribution in [1.29, 1.82) is 0 Å². The van der Waals surface area contributed by atoms with Gasteiger partial charge in [0.2, 0.25) is 6.08 Å². The first-order valence-corrected chi connectivity index (χ1v) is 5.88. The summed E-state index contributed by atoms with van der Waals surface area (Å²) < 4.78 is 0. The summed E-state index contributed by atoms with van der Waals surface area (Å²) in [4.78, 5) is 14.7. The van der Waals surface area contributed by atoms with Crippen molar-refractivity contribution >= 4 is 29.4 Å². The van der Waals surface area contributed by atoms with E-state index in [1.807, 2.05) is 18.2 Å². The van der Waals surface area contributed by atoms with Gasteiger partial charge in [0.05, 0.1) is 6.54 Å². The second kappa shape index (κ2) is 5.96. The molecule has 0 spiro atoms. The van der Waals surface area contributed by atoms with Crippen molar-refractivity contribution in [3.63, 3.8) is 0 Å². The standard InChI is InChI=1S/C11H12ClNOS/c1-8(2)15-11-5-3-4-10(12)9(11)6-13-7-14/h3-5,8H,6H2,1-2H3. The third kappa shape index (κ3) is 3.71. The number of benzene rings is 1. The molecular weight excluding hydrogens is 230 g/mol. The first-order valence-electron chi connectivity index (χ1n) is 4.63. The van der Waals surface area contributed by atoms with Crippen LogP contribution in [0.25, 0.3) is 0 Å². The van der Waals surface area contributed by atoms with Crippen molar-refractivity contribution in [3.8, 4) is 0 Å². The molecule has 0 saturated carbocycles. The van der Waals surface area contributed by atoms with Gasteiger partial charge in [0.25, 0.3) is 0 Å². The van der Waals surface area contributed by atoms with Crippen molar-refractivity contribution in [2.24, 2.45) is 4.99 Å². The van der Waals surface area contributed by atoms with Crippen LogP contribution in [0.1, 0.15) is 19.4 Å². The third-order valence-corrected chi connectivity index (χ3v) is 3.20. The van der Waals surface area contributed by atoms with Crippen LogP contribution in [0.2, 0.25) is 5.02 Å². The van der Waals surface area contributed by atoms with Crippen LogP contribution >= 0.6 is 23.4 Å². The highest BCUT2D eigenvalue weighted by atomic mass is 35.5. The van der Waals surface area contributed by atoms with Gasteiger partial charge < -0.3 is 0 Å². The number of rotatable bonds is 4. The van der Waals surface area contributed by atoms with Crippen LogP contribution in [-0.4, -0.2) is 11.3 Å². The number of isocyanates is 1. The van der Waals surface area contributed by atoms with E-state index in [9.17, 15) is 4.79 Å². The average Bonchev–Trinajstić information content (AvgIpc) is 2.16. The maximum atomic E-state index is 10.1. The number of halogens is 1. The van der Waals surface area contributed by atoms with Crippen LogP contribution in [-0.2, 0) is 11.3 Å². The van der Waals surface area contributed by atoms with Gasteiger partial charge in [-0.2, -0.15) is 0 Å². The van der Waals surface area contributed by atoms with E-state index < -0.39 is 0 Å². The molecule has 0 aromatic heterocycles. The number of aliphatic imine (C=N–C) groups is 1. The quantitative estimate of drug-likeness (QED) is 0.457. The van der Waals surface area contributed by atoms with E-state index in [-0.39, 0.29) is 0 Å². The molecule has 0 heterocycles. The maximum absolute atomic E-state index is 10.1. The molecule has 0 saturated heterocycles. The number of nitrogens with zero attached hydrogens (tertiary/aromatic N) is 1. The Morgan fingerprint density at radius 1 is 1.53 bits per heavy atom. The summed E-state index contributed by atoms with van der Waals surface area (Å²) in [5.74, 6) is 0. The third-order valence-electron chi connectivity index (χ3n) is 1.74. The van der Waals surface area contributed by atoms with Gasteiger partial charge >= 0.3 is 0 Å². The molecule has 0 aliphatic carbocycles. The SMILES string of the molecule is CC(C)Sc1cccc(Cl)c1CN=C=O. The van der Waals surface area contributed by atoms with E-state index in [0.717, 1.165) is 10.5 Å². The van der Waals surface area contributed by atoms with Crippen molar-refractivity contribution in [1.82, 2.24) is 0 Å². The largest absolute Gasteiger partial charge is 0.235 e. The molecule has 0 amide bonds. The molecule has 1 aromatic carbocycles. The van der Waals surface area contributed by atoms with Gasteiger partial charge in [-0.15, -0.1) is 11.8 Å². The second-order valence-corrected chi connectivity index (χ2v) is 5.32. The zero-order valence-electron chi connectivity index (χ0n) is 8.66. The summed E-state index contributed by atoms with van der Waals surface area (Å²) in [6.45, 7) is 4.52. The predicted molar refractivity (Wildman–Crippen MR) is 64.3 cm³/mol. The molecule has 1 rings (SSSR count). The molecule has 2 nitrogen and oxygen atoms in total. The zero-order chi connectivity index (χ0) is 11.3. The Labute approximate surface area is 98.7 Å². The molecular formula is C11H12ClNOS. The first kappa shape index (κ1) is 12.3. The molecule has 0 radical (unpaired) electrons. The number of hydrogen-bond acceptors (Lipinski definition) is 3. The fraction of sp³-hybridized carbons (Fsp3) is 0.364. The fourth-order valence-electron chi connectivity index (χ4n) is 1.17. The lowest BCUT2D eigenvalue weighted by Gasteiger charge is -2.10. The smallest absolute Gasteiger partial charge is 0.211 e. The number of carbonyl (C=O) groups excluding carboxylic acids is 1. The predicted octanol–water partition coefficient (Wildman–Crippen LogP) is 3.68.